The van der Waals surface area contributed by atoms with Gasteiger partial charge in [0, 0.05) is 18.0 Å². The van der Waals surface area contributed by atoms with Crippen LogP contribution < -0.4 is 5.32 Å². The van der Waals surface area contributed by atoms with E-state index < -0.39 is 0 Å². The van der Waals surface area contributed by atoms with Crippen LogP contribution in [0.15, 0.2) is 11.2 Å². The van der Waals surface area contributed by atoms with Crippen molar-refractivity contribution in [2.45, 2.75) is 58.4 Å². The molecule has 1 fully saturated rings. The van der Waals surface area contributed by atoms with Crippen molar-refractivity contribution in [1.82, 2.24) is 4.98 Å². The van der Waals surface area contributed by atoms with Crippen LogP contribution in [-0.2, 0) is 6.42 Å². The lowest BCUT2D eigenvalue weighted by atomic mass is 9.75. The van der Waals surface area contributed by atoms with Gasteiger partial charge in [-0.05, 0) is 35.9 Å². The van der Waals surface area contributed by atoms with E-state index in [1.54, 1.807) is 6.07 Å². The maximum absolute atomic E-state index is 12.2. The molecule has 1 aromatic heterocycles. The standard InChI is InChI=1S/C16H21N3O2/c1-16(2)8-13-11(14(20)9-16)7-12(19-21)15(18-13)17-10-5-3-4-6-10/h7,10H,3-6,8-9H2,1-2H3,(H,17,18). The number of ketones is 1. The summed E-state index contributed by atoms with van der Waals surface area (Å²) in [6.07, 6.45) is 5.86. The zero-order valence-corrected chi connectivity index (χ0v) is 12.6. The first kappa shape index (κ1) is 14.2. The first-order valence-corrected chi connectivity index (χ1v) is 7.65. The lowest BCUT2D eigenvalue weighted by Crippen LogP contribution is -2.28. The summed E-state index contributed by atoms with van der Waals surface area (Å²) in [7, 11) is 0. The van der Waals surface area contributed by atoms with Crippen molar-refractivity contribution in [1.29, 1.82) is 0 Å². The number of nitrogens with one attached hydrogen (secondary N) is 1. The van der Waals surface area contributed by atoms with Crippen LogP contribution in [0.5, 0.6) is 0 Å². The van der Waals surface area contributed by atoms with Crippen LogP contribution >= 0.6 is 0 Å². The highest BCUT2D eigenvalue weighted by Crippen LogP contribution is 2.38. The molecule has 0 spiro atoms. The van der Waals surface area contributed by atoms with Crippen LogP contribution in [0.1, 0.15) is 62.0 Å². The highest BCUT2D eigenvalue weighted by molar-refractivity contribution is 5.99. The van der Waals surface area contributed by atoms with Gasteiger partial charge in [-0.1, -0.05) is 26.7 Å². The molecule has 112 valence electrons. The molecule has 5 nitrogen and oxygen atoms in total. The topological polar surface area (TPSA) is 71.4 Å². The van der Waals surface area contributed by atoms with Gasteiger partial charge in [-0.3, -0.25) is 4.79 Å². The first-order valence-electron chi connectivity index (χ1n) is 7.65. The Kier molecular flexibility index (Phi) is 3.51. The monoisotopic (exact) mass is 287 g/mol. The number of nitrogens with zero attached hydrogens (tertiary/aromatic N) is 2. The highest BCUT2D eigenvalue weighted by atomic mass is 16.3. The summed E-state index contributed by atoms with van der Waals surface area (Å²) in [6, 6.07) is 1.98. The van der Waals surface area contributed by atoms with Crippen molar-refractivity contribution in [2.75, 3.05) is 5.32 Å². The molecule has 1 N–H and O–H groups in total. The summed E-state index contributed by atoms with van der Waals surface area (Å²) in [5.74, 6) is 0.604. The number of pyridine rings is 1. The summed E-state index contributed by atoms with van der Waals surface area (Å²) in [5.41, 5.74) is 1.55. The van der Waals surface area contributed by atoms with E-state index in [4.69, 9.17) is 0 Å². The Bertz CT molecular complexity index is 589. The Morgan fingerprint density at radius 3 is 2.67 bits per heavy atom. The van der Waals surface area contributed by atoms with Gasteiger partial charge in [0.1, 0.15) is 0 Å². The number of anilines is 1. The van der Waals surface area contributed by atoms with Crippen molar-refractivity contribution < 1.29 is 4.79 Å². The van der Waals surface area contributed by atoms with E-state index in [2.05, 4.69) is 29.3 Å². The number of hydrogen-bond acceptors (Lipinski definition) is 5. The quantitative estimate of drug-likeness (QED) is 0.853. The molecule has 5 heteroatoms. The van der Waals surface area contributed by atoms with Crippen molar-refractivity contribution in [2.24, 2.45) is 10.6 Å². The summed E-state index contributed by atoms with van der Waals surface area (Å²) in [5, 5.41) is 6.40. The van der Waals surface area contributed by atoms with E-state index in [0.29, 0.717) is 23.8 Å². The number of Topliss-reactive ketones (excluding diaryl/α,β-unsaturated/α-hetero) is 1. The summed E-state index contributed by atoms with van der Waals surface area (Å²) >= 11 is 0. The molecular weight excluding hydrogens is 266 g/mol. The fourth-order valence-corrected chi connectivity index (χ4v) is 3.40. The van der Waals surface area contributed by atoms with Gasteiger partial charge in [0.05, 0.1) is 5.69 Å². The molecule has 21 heavy (non-hydrogen) atoms. The lowest BCUT2D eigenvalue weighted by molar-refractivity contribution is 0.0910. The van der Waals surface area contributed by atoms with Gasteiger partial charge >= 0.3 is 0 Å². The third kappa shape index (κ3) is 2.82. The molecule has 0 aromatic carbocycles. The summed E-state index contributed by atoms with van der Waals surface area (Å²) in [6.45, 7) is 4.15. The van der Waals surface area contributed by atoms with Crippen LogP contribution in [0.2, 0.25) is 0 Å². The number of carbonyl (C=O) groups excluding carboxylic acids is 1. The number of carbonyl (C=O) groups is 1. The molecule has 2 aliphatic carbocycles. The van der Waals surface area contributed by atoms with E-state index in [1.165, 1.54) is 12.8 Å². The van der Waals surface area contributed by atoms with Crippen molar-refractivity contribution >= 4 is 17.3 Å². The van der Waals surface area contributed by atoms with Gasteiger partial charge in [0.25, 0.3) is 0 Å². The average molecular weight is 287 g/mol. The van der Waals surface area contributed by atoms with Gasteiger partial charge < -0.3 is 5.32 Å². The minimum absolute atomic E-state index is 0.0612. The molecule has 1 aromatic rings. The third-order valence-electron chi connectivity index (χ3n) is 4.46. The van der Waals surface area contributed by atoms with Crippen molar-refractivity contribution in [3.05, 3.63) is 22.2 Å². The molecule has 1 saturated carbocycles. The van der Waals surface area contributed by atoms with Gasteiger partial charge in [-0.15, -0.1) is 4.91 Å². The second-order valence-corrected chi connectivity index (χ2v) is 7.01. The Labute approximate surface area is 124 Å². The fraction of sp³-hybridized carbons (Fsp3) is 0.625. The number of aromatic nitrogens is 1. The van der Waals surface area contributed by atoms with Crippen molar-refractivity contribution in [3.8, 4) is 0 Å². The number of fused-ring (bicyclic) bond motifs is 1. The molecule has 2 aliphatic rings. The minimum atomic E-state index is -0.0716. The van der Waals surface area contributed by atoms with E-state index in [-0.39, 0.29) is 16.9 Å². The maximum atomic E-state index is 12.2. The smallest absolute Gasteiger partial charge is 0.165 e. The predicted molar refractivity (Wildman–Crippen MR) is 82.0 cm³/mol. The zero-order chi connectivity index (χ0) is 15.0. The number of nitroso groups, excluding NO2 is 1. The highest BCUT2D eigenvalue weighted by Gasteiger charge is 2.33. The first-order chi connectivity index (χ1) is 9.98. The minimum Gasteiger partial charge on any atom is -0.365 e. The van der Waals surface area contributed by atoms with Crippen LogP contribution in [0, 0.1) is 10.3 Å². The molecule has 1 heterocycles. The fourth-order valence-electron chi connectivity index (χ4n) is 3.40. The Morgan fingerprint density at radius 1 is 1.29 bits per heavy atom. The van der Waals surface area contributed by atoms with Crippen LogP contribution in [0.25, 0.3) is 0 Å². The largest absolute Gasteiger partial charge is 0.365 e. The Morgan fingerprint density at radius 2 is 2.00 bits per heavy atom. The predicted octanol–water partition coefficient (Wildman–Crippen LogP) is 3.99. The average Bonchev–Trinajstić information content (AvgIpc) is 2.89. The molecular formula is C16H21N3O2. The van der Waals surface area contributed by atoms with Gasteiger partial charge in [-0.2, -0.15) is 0 Å². The lowest BCUT2D eigenvalue weighted by Gasteiger charge is -2.30. The third-order valence-corrected chi connectivity index (χ3v) is 4.46. The molecule has 0 aliphatic heterocycles. The molecule has 3 rings (SSSR count). The molecule has 0 atom stereocenters. The van der Waals surface area contributed by atoms with Crippen LogP contribution in [0.3, 0.4) is 0 Å². The van der Waals surface area contributed by atoms with E-state index in [0.717, 1.165) is 25.0 Å². The molecule has 0 unspecified atom stereocenters. The molecule has 0 saturated heterocycles. The Hall–Kier alpha value is -1.78. The molecule has 0 amide bonds. The second-order valence-electron chi connectivity index (χ2n) is 7.01. The van der Waals surface area contributed by atoms with Crippen LogP contribution in [-0.4, -0.2) is 16.8 Å². The summed E-state index contributed by atoms with van der Waals surface area (Å²) < 4.78 is 0. The maximum Gasteiger partial charge on any atom is 0.165 e. The normalized spacial score (nSPS) is 21.1. The second kappa shape index (κ2) is 5.20. The van der Waals surface area contributed by atoms with Crippen molar-refractivity contribution in [3.63, 3.8) is 0 Å². The summed E-state index contributed by atoms with van der Waals surface area (Å²) in [4.78, 5) is 27.9. The zero-order valence-electron chi connectivity index (χ0n) is 12.6. The van der Waals surface area contributed by atoms with Gasteiger partial charge in [0.2, 0.25) is 0 Å². The molecule has 0 bridgehead atoms. The molecule has 0 radical (unpaired) electrons. The SMILES string of the molecule is CC1(C)CC(=O)c2cc(N=O)c(NC3CCCC3)nc2C1. The van der Waals surface area contributed by atoms with E-state index >= 15 is 0 Å². The number of rotatable bonds is 3. The van der Waals surface area contributed by atoms with E-state index in [1.807, 2.05) is 0 Å². The van der Waals surface area contributed by atoms with E-state index in [9.17, 15) is 9.70 Å². The number of hydrogen-bond donors (Lipinski definition) is 1. The Balaban J connectivity index is 1.97. The van der Waals surface area contributed by atoms with Crippen LogP contribution in [0.4, 0.5) is 11.5 Å². The van der Waals surface area contributed by atoms with Gasteiger partial charge in [-0.25, -0.2) is 4.98 Å². The van der Waals surface area contributed by atoms with Gasteiger partial charge in [0.15, 0.2) is 17.3 Å².